The molecule has 0 amide bonds. The SMILES string of the molecule is C#[N+]CS(=O)(=O)c1ccc(C)cc1.[CH-]=O.[Rb+].[Rb+].[c-]1cnco1. The third-order valence-electron chi connectivity index (χ3n) is 1.93. The monoisotopic (exact) mass is 463 g/mol. The van der Waals surface area contributed by atoms with Crippen LogP contribution in [0.3, 0.4) is 0 Å². The maximum atomic E-state index is 11.4. The summed E-state index contributed by atoms with van der Waals surface area (Å²) in [6.45, 7) is 9.97. The second-order valence-electron chi connectivity index (χ2n) is 3.36. The first-order chi connectivity index (χ1) is 9.56. The van der Waals surface area contributed by atoms with Crippen LogP contribution in [-0.4, -0.2) is 26.1 Å². The van der Waals surface area contributed by atoms with Gasteiger partial charge in [-0.25, -0.2) is 8.42 Å². The molecule has 0 fully saturated rings. The minimum Gasteiger partial charge on any atom is -0.632 e. The fourth-order valence-electron chi connectivity index (χ4n) is 1.07. The fourth-order valence-corrected chi connectivity index (χ4v) is 1.97. The van der Waals surface area contributed by atoms with Gasteiger partial charge in [0.1, 0.15) is 0 Å². The molecule has 0 spiro atoms. The van der Waals surface area contributed by atoms with Gasteiger partial charge in [-0.05, 0) is 25.3 Å². The van der Waals surface area contributed by atoms with Crippen molar-refractivity contribution >= 4 is 16.6 Å². The van der Waals surface area contributed by atoms with Crippen molar-refractivity contribution in [3.8, 4) is 6.57 Å². The van der Waals surface area contributed by atoms with Crippen molar-refractivity contribution in [2.24, 2.45) is 0 Å². The molecule has 0 saturated carbocycles. The number of oxazole rings is 1. The topological polar surface area (TPSA) is 81.6 Å². The molecule has 6 nitrogen and oxygen atoms in total. The molecule has 2 aromatic rings. The minimum absolute atomic E-state index is 0. The Morgan fingerprint density at radius 3 is 2.14 bits per heavy atom. The van der Waals surface area contributed by atoms with E-state index in [-0.39, 0.29) is 127 Å². The molecule has 0 N–H and O–H groups in total. The summed E-state index contributed by atoms with van der Waals surface area (Å²) in [4.78, 5) is 14.6. The predicted octanol–water partition coefficient (Wildman–Crippen LogP) is -4.10. The Hall–Kier alpha value is 1.15. The number of hydrogen-bond donors (Lipinski definition) is 0. The molecule has 9 heteroatoms. The first-order valence-electron chi connectivity index (χ1n) is 5.20. The summed E-state index contributed by atoms with van der Waals surface area (Å²) in [6, 6.07) is 6.58. The summed E-state index contributed by atoms with van der Waals surface area (Å²) in [5, 5.41) is 0. The molecule has 0 aliphatic rings. The Morgan fingerprint density at radius 1 is 1.27 bits per heavy atom. The van der Waals surface area contributed by atoms with Gasteiger partial charge < -0.3 is 14.2 Å². The maximum Gasteiger partial charge on any atom is 1.00 e. The zero-order valence-corrected chi connectivity index (χ0v) is 23.4. The molecule has 0 bridgehead atoms. The van der Waals surface area contributed by atoms with Gasteiger partial charge in [0.05, 0.1) is 4.90 Å². The molecule has 0 saturated heterocycles. The molecule has 0 aliphatic heterocycles. The third-order valence-corrected chi connectivity index (χ3v) is 3.41. The van der Waals surface area contributed by atoms with Gasteiger partial charge in [0.15, 0.2) is 0 Å². The van der Waals surface area contributed by atoms with Crippen LogP contribution >= 0.6 is 0 Å². The van der Waals surface area contributed by atoms with Gasteiger partial charge in [0, 0.05) is 6.39 Å². The van der Waals surface area contributed by atoms with Gasteiger partial charge in [-0.1, -0.05) is 28.8 Å². The van der Waals surface area contributed by atoms with E-state index in [4.69, 9.17) is 11.4 Å². The number of carbonyl (C=O) groups excluding carboxylic acids is 1. The number of benzene rings is 1. The molecule has 2 rings (SSSR count). The van der Waals surface area contributed by atoms with Crippen molar-refractivity contribution in [2.45, 2.75) is 11.8 Å². The van der Waals surface area contributed by atoms with Gasteiger partial charge in [-0.2, -0.15) is 0 Å². The van der Waals surface area contributed by atoms with Gasteiger partial charge in [0.25, 0.3) is 16.4 Å². The van der Waals surface area contributed by atoms with Crippen LogP contribution in [0.5, 0.6) is 0 Å². The van der Waals surface area contributed by atoms with E-state index in [2.05, 4.69) is 27.3 Å². The molecule has 0 unspecified atom stereocenters. The minimum atomic E-state index is -3.32. The number of hydrogen-bond acceptors (Lipinski definition) is 5. The van der Waals surface area contributed by atoms with Crippen molar-refractivity contribution in [3.05, 3.63) is 53.5 Å². The van der Waals surface area contributed by atoms with Crippen molar-refractivity contribution in [1.82, 2.24) is 4.98 Å². The zero-order chi connectivity index (χ0) is 15.4. The molecule has 1 heterocycles. The molecule has 0 atom stereocenters. The maximum absolute atomic E-state index is 11.4. The Morgan fingerprint density at radius 2 is 1.82 bits per heavy atom. The molecule has 22 heavy (non-hydrogen) atoms. The van der Waals surface area contributed by atoms with Crippen LogP contribution in [0.25, 0.3) is 4.85 Å². The molecule has 106 valence electrons. The second-order valence-corrected chi connectivity index (χ2v) is 5.32. The molecular formula is C13H13N2O4Rb2S+. The van der Waals surface area contributed by atoms with Crippen molar-refractivity contribution in [2.75, 3.05) is 5.88 Å². The zero-order valence-electron chi connectivity index (χ0n) is 12.8. The van der Waals surface area contributed by atoms with E-state index in [9.17, 15) is 8.42 Å². The summed E-state index contributed by atoms with van der Waals surface area (Å²) < 4.78 is 27.1. The number of sulfone groups is 1. The van der Waals surface area contributed by atoms with Crippen molar-refractivity contribution in [3.63, 3.8) is 0 Å². The van der Waals surface area contributed by atoms with Gasteiger partial charge >= 0.3 is 122 Å². The Labute approximate surface area is 228 Å². The largest absolute Gasteiger partial charge is 1.00 e. The van der Waals surface area contributed by atoms with Crippen molar-refractivity contribution in [1.29, 1.82) is 0 Å². The number of aryl methyl sites for hydroxylation is 1. The summed E-state index contributed by atoms with van der Waals surface area (Å²) in [6.07, 6.45) is 5.15. The van der Waals surface area contributed by atoms with E-state index in [0.717, 1.165) is 5.56 Å². The van der Waals surface area contributed by atoms with Crippen LogP contribution in [0.15, 0.2) is 46.2 Å². The normalized spacial score (nSPS) is 8.36. The number of aromatic nitrogens is 1. The van der Waals surface area contributed by atoms with Crippen LogP contribution in [-0.2, 0) is 14.6 Å². The fraction of sp³-hybridized carbons (Fsp3) is 0.154. The Kier molecular flexibility index (Phi) is 21.6. The van der Waals surface area contributed by atoms with E-state index in [0.29, 0.717) is 0 Å². The van der Waals surface area contributed by atoms with Gasteiger partial charge in [-0.15, -0.1) is 0 Å². The smallest absolute Gasteiger partial charge is 0.632 e. The molecule has 1 aromatic carbocycles. The van der Waals surface area contributed by atoms with Crippen LogP contribution in [0.2, 0.25) is 0 Å². The van der Waals surface area contributed by atoms with Crippen LogP contribution in [0.1, 0.15) is 5.56 Å². The standard InChI is InChI=1S/C9H10NO2S.C3H2NO.CHO.2Rb/c1-8-3-5-9(6-4-8)13(11,12)7-10-2;1-2-5-3-4-1;1-2;;/h2-6H,7H2,1H3;1,3H;1H;;/q+1;2*-1;2*+1. The van der Waals surface area contributed by atoms with Gasteiger partial charge in [-0.3, -0.25) is 6.79 Å². The van der Waals surface area contributed by atoms with Crippen LogP contribution < -0.4 is 116 Å². The quantitative estimate of drug-likeness (QED) is 0.334. The Bertz CT molecular complexity index is 606. The third kappa shape index (κ3) is 12.6. The summed E-state index contributed by atoms with van der Waals surface area (Å²) in [5.74, 6) is -0.365. The average Bonchev–Trinajstić information content (AvgIpc) is 3.00. The van der Waals surface area contributed by atoms with E-state index in [1.807, 2.05) is 6.92 Å². The predicted molar refractivity (Wildman–Crippen MR) is 73.6 cm³/mol. The summed E-state index contributed by atoms with van der Waals surface area (Å²) in [7, 11) is -3.32. The molecule has 0 radical (unpaired) electrons. The van der Waals surface area contributed by atoms with Gasteiger partial charge in [0.2, 0.25) is 0 Å². The summed E-state index contributed by atoms with van der Waals surface area (Å²) >= 11 is 0. The van der Waals surface area contributed by atoms with E-state index in [1.165, 1.54) is 12.6 Å². The van der Waals surface area contributed by atoms with E-state index in [1.54, 1.807) is 24.3 Å². The van der Waals surface area contributed by atoms with Crippen LogP contribution in [0.4, 0.5) is 0 Å². The number of rotatable bonds is 2. The number of nitrogens with zero attached hydrogens (tertiary/aromatic N) is 2. The van der Waals surface area contributed by atoms with Crippen LogP contribution in [0, 0.1) is 19.8 Å². The van der Waals surface area contributed by atoms with E-state index >= 15 is 0 Å². The second kappa shape index (κ2) is 17.0. The first kappa shape index (κ1) is 28.0. The summed E-state index contributed by atoms with van der Waals surface area (Å²) in [5.41, 5.74) is 1.02. The average molecular weight is 464 g/mol. The Balaban J connectivity index is -0.000000340. The molecule has 1 aromatic heterocycles. The molecular weight excluding hydrogens is 451 g/mol. The van der Waals surface area contributed by atoms with E-state index < -0.39 is 9.84 Å². The van der Waals surface area contributed by atoms with Crippen molar-refractivity contribution < 1.29 is 134 Å². The first-order valence-corrected chi connectivity index (χ1v) is 6.85. The molecule has 0 aliphatic carbocycles.